The van der Waals surface area contributed by atoms with Gasteiger partial charge in [-0.05, 0) is 31.9 Å². The van der Waals surface area contributed by atoms with E-state index in [1.54, 1.807) is 12.0 Å². The van der Waals surface area contributed by atoms with E-state index in [1.807, 2.05) is 36.1 Å². The van der Waals surface area contributed by atoms with Gasteiger partial charge < -0.3 is 24.6 Å². The molecule has 0 aromatic heterocycles. The molecule has 1 aromatic carbocycles. The number of nitrogens with one attached hydrogen (secondary N) is 1. The van der Waals surface area contributed by atoms with Gasteiger partial charge in [-0.2, -0.15) is 0 Å². The van der Waals surface area contributed by atoms with Crippen molar-refractivity contribution in [3.63, 3.8) is 0 Å². The third-order valence-electron chi connectivity index (χ3n) is 5.05. The van der Waals surface area contributed by atoms with Crippen molar-refractivity contribution in [1.29, 1.82) is 0 Å². The van der Waals surface area contributed by atoms with Gasteiger partial charge in [-0.1, -0.05) is 12.1 Å². The van der Waals surface area contributed by atoms with E-state index in [2.05, 4.69) is 5.32 Å². The van der Waals surface area contributed by atoms with Crippen molar-refractivity contribution in [1.82, 2.24) is 9.80 Å². The quantitative estimate of drug-likeness (QED) is 0.843. The normalized spacial score (nSPS) is 22.3. The zero-order chi connectivity index (χ0) is 18.5. The molecular formula is C19H27N3O4. The molecule has 3 aliphatic rings. The lowest BCUT2D eigenvalue weighted by molar-refractivity contribution is -0.140. The van der Waals surface area contributed by atoms with E-state index in [0.717, 1.165) is 12.8 Å². The van der Waals surface area contributed by atoms with E-state index in [9.17, 15) is 9.59 Å². The first-order chi connectivity index (χ1) is 12.6. The van der Waals surface area contributed by atoms with Crippen LogP contribution in [0.1, 0.15) is 19.8 Å². The molecule has 3 aliphatic heterocycles. The first-order valence-corrected chi connectivity index (χ1v) is 9.21. The molecule has 7 nitrogen and oxygen atoms in total. The average molecular weight is 361 g/mol. The van der Waals surface area contributed by atoms with E-state index < -0.39 is 0 Å². The lowest BCUT2D eigenvalue weighted by atomic mass is 9.94. The number of methoxy groups -OCH3 is 1. The molecule has 0 saturated carbocycles. The highest BCUT2D eigenvalue weighted by atomic mass is 16.5. The number of carbonyl (C=O) groups excluding carboxylic acids is 2. The van der Waals surface area contributed by atoms with Crippen LogP contribution in [0.2, 0.25) is 0 Å². The molecule has 4 rings (SSSR count). The summed E-state index contributed by atoms with van der Waals surface area (Å²) >= 11 is 0. The number of amides is 3. The fourth-order valence-corrected chi connectivity index (χ4v) is 3.74. The van der Waals surface area contributed by atoms with E-state index in [-0.39, 0.29) is 23.9 Å². The highest BCUT2D eigenvalue weighted by Gasteiger charge is 2.41. The fourth-order valence-electron chi connectivity index (χ4n) is 3.74. The number of carbonyl (C=O) groups is 2. The van der Waals surface area contributed by atoms with Crippen LogP contribution in [-0.2, 0) is 9.53 Å². The number of fused-ring (bicyclic) bond motifs is 4. The van der Waals surface area contributed by atoms with Crippen LogP contribution in [-0.4, -0.2) is 67.7 Å². The molecule has 26 heavy (non-hydrogen) atoms. The molecule has 3 amide bonds. The first kappa shape index (κ1) is 18.5. The highest BCUT2D eigenvalue weighted by Crippen LogP contribution is 2.30. The Balaban J connectivity index is 1.70. The summed E-state index contributed by atoms with van der Waals surface area (Å²) < 4.78 is 10.7. The molecule has 2 unspecified atom stereocenters. The molecule has 0 radical (unpaired) electrons. The number of para-hydroxylation sites is 2. The minimum atomic E-state index is -0.185. The topological polar surface area (TPSA) is 71.1 Å². The van der Waals surface area contributed by atoms with E-state index in [4.69, 9.17) is 9.47 Å². The maximum atomic E-state index is 12.8. The summed E-state index contributed by atoms with van der Waals surface area (Å²) in [7, 11) is 1.64. The summed E-state index contributed by atoms with van der Waals surface area (Å²) in [5.41, 5.74) is 0.651. The van der Waals surface area contributed by atoms with Crippen molar-refractivity contribution in [2.45, 2.75) is 25.8 Å². The van der Waals surface area contributed by atoms with Crippen LogP contribution in [0.25, 0.3) is 0 Å². The van der Waals surface area contributed by atoms with Gasteiger partial charge in [-0.15, -0.1) is 0 Å². The lowest BCUT2D eigenvalue weighted by Gasteiger charge is -2.35. The number of hydrogen-bond donors (Lipinski definition) is 1. The molecule has 7 heteroatoms. The van der Waals surface area contributed by atoms with E-state index in [1.165, 1.54) is 0 Å². The van der Waals surface area contributed by atoms with Crippen LogP contribution < -0.4 is 10.1 Å². The predicted molar refractivity (Wildman–Crippen MR) is 98.3 cm³/mol. The predicted octanol–water partition coefficient (Wildman–Crippen LogP) is 2.19. The molecule has 0 aliphatic carbocycles. The number of anilines is 1. The summed E-state index contributed by atoms with van der Waals surface area (Å²) in [5.74, 6) is 0.667. The smallest absolute Gasteiger partial charge is 0.322 e. The van der Waals surface area contributed by atoms with E-state index in [0.29, 0.717) is 44.3 Å². The molecular weight excluding hydrogens is 334 g/mol. The first-order valence-electron chi connectivity index (χ1n) is 9.21. The Labute approximate surface area is 154 Å². The number of rotatable bonds is 6. The van der Waals surface area contributed by atoms with Gasteiger partial charge >= 0.3 is 6.03 Å². The second-order valence-electron chi connectivity index (χ2n) is 6.72. The Morgan fingerprint density at radius 1 is 1.27 bits per heavy atom. The molecule has 2 atom stereocenters. The van der Waals surface area contributed by atoms with Crippen LogP contribution in [0.15, 0.2) is 24.3 Å². The van der Waals surface area contributed by atoms with Gasteiger partial charge in [-0.3, -0.25) is 4.79 Å². The van der Waals surface area contributed by atoms with Gasteiger partial charge in [0.1, 0.15) is 5.75 Å². The molecule has 0 spiro atoms. The maximum absolute atomic E-state index is 12.8. The van der Waals surface area contributed by atoms with E-state index >= 15 is 0 Å². The van der Waals surface area contributed by atoms with Gasteiger partial charge in [0.15, 0.2) is 0 Å². The number of nitrogens with zero attached hydrogens (tertiary/aromatic N) is 2. The van der Waals surface area contributed by atoms with Gasteiger partial charge in [-0.25, -0.2) is 4.79 Å². The number of piperidine rings is 1. The SMILES string of the molecule is CCOc1ccccc1NC(=O)N1CC2CCC(C1)N(CCOC)C2=O. The Hall–Kier alpha value is -2.28. The molecule has 3 heterocycles. The summed E-state index contributed by atoms with van der Waals surface area (Å²) in [6, 6.07) is 7.27. The van der Waals surface area contributed by atoms with Crippen molar-refractivity contribution in [3.8, 4) is 5.75 Å². The fraction of sp³-hybridized carbons (Fsp3) is 0.579. The van der Waals surface area contributed by atoms with Crippen LogP contribution in [0.3, 0.4) is 0 Å². The number of hydrogen-bond acceptors (Lipinski definition) is 4. The Morgan fingerprint density at radius 2 is 2.08 bits per heavy atom. The molecule has 1 N–H and O–H groups in total. The van der Waals surface area contributed by atoms with Crippen LogP contribution in [0.4, 0.5) is 10.5 Å². The second-order valence-corrected chi connectivity index (χ2v) is 6.72. The van der Waals surface area contributed by atoms with Crippen molar-refractivity contribution in [2.75, 3.05) is 45.3 Å². The largest absolute Gasteiger partial charge is 0.492 e. The van der Waals surface area contributed by atoms with Crippen LogP contribution >= 0.6 is 0 Å². The second kappa shape index (κ2) is 8.40. The molecule has 2 bridgehead atoms. The monoisotopic (exact) mass is 361 g/mol. The minimum absolute atomic E-state index is 0.0595. The standard InChI is InChI=1S/C19H27N3O4/c1-3-26-17-7-5-4-6-16(17)20-19(24)21-12-14-8-9-15(13-21)22(18(14)23)10-11-25-2/h4-7,14-15H,3,8-13H2,1-2H3,(H,20,24). The minimum Gasteiger partial charge on any atom is -0.492 e. The summed E-state index contributed by atoms with van der Waals surface area (Å²) in [6.45, 7) is 4.55. The van der Waals surface area contributed by atoms with Crippen LogP contribution in [0, 0.1) is 5.92 Å². The Morgan fingerprint density at radius 3 is 2.85 bits per heavy atom. The van der Waals surface area contributed by atoms with Gasteiger partial charge in [0.05, 0.1) is 24.8 Å². The van der Waals surface area contributed by atoms with Crippen molar-refractivity contribution in [2.24, 2.45) is 5.92 Å². The zero-order valence-corrected chi connectivity index (χ0v) is 15.4. The number of urea groups is 1. The van der Waals surface area contributed by atoms with Crippen molar-refractivity contribution < 1.29 is 19.1 Å². The van der Waals surface area contributed by atoms with Crippen molar-refractivity contribution in [3.05, 3.63) is 24.3 Å². The molecule has 3 fully saturated rings. The van der Waals surface area contributed by atoms with Gasteiger partial charge in [0.25, 0.3) is 0 Å². The third-order valence-corrected chi connectivity index (χ3v) is 5.05. The molecule has 1 aromatic rings. The zero-order valence-electron chi connectivity index (χ0n) is 15.4. The molecule has 142 valence electrons. The number of ether oxygens (including phenoxy) is 2. The van der Waals surface area contributed by atoms with Crippen LogP contribution in [0.5, 0.6) is 5.75 Å². The molecule has 3 saturated heterocycles. The number of benzene rings is 1. The Bertz CT molecular complexity index is 651. The van der Waals surface area contributed by atoms with Crippen molar-refractivity contribution >= 4 is 17.6 Å². The lowest BCUT2D eigenvalue weighted by Crippen LogP contribution is -2.49. The highest BCUT2D eigenvalue weighted by molar-refractivity contribution is 5.92. The summed E-state index contributed by atoms with van der Waals surface area (Å²) in [6.07, 6.45) is 1.77. The average Bonchev–Trinajstić information content (AvgIpc) is 2.93. The third kappa shape index (κ3) is 3.93. The van der Waals surface area contributed by atoms with Gasteiger partial charge in [0, 0.05) is 32.8 Å². The van der Waals surface area contributed by atoms with Gasteiger partial charge in [0.2, 0.25) is 5.91 Å². The summed E-state index contributed by atoms with van der Waals surface area (Å²) in [4.78, 5) is 29.1. The summed E-state index contributed by atoms with van der Waals surface area (Å²) in [5, 5.41) is 2.94. The Kier molecular flexibility index (Phi) is 5.98. The maximum Gasteiger partial charge on any atom is 0.322 e.